The SMILES string of the molecule is COCCOc1cccc(CNC(=O)c2nc(-n3nc(C)cc3C)ccc2Cl)c1. The van der Waals surface area contributed by atoms with Crippen molar-refractivity contribution < 1.29 is 14.3 Å². The van der Waals surface area contributed by atoms with Gasteiger partial charge in [0.2, 0.25) is 0 Å². The normalized spacial score (nSPS) is 10.8. The van der Waals surface area contributed by atoms with Gasteiger partial charge in [0, 0.05) is 19.3 Å². The number of aromatic nitrogens is 3. The molecule has 29 heavy (non-hydrogen) atoms. The molecule has 0 bridgehead atoms. The third-order valence-electron chi connectivity index (χ3n) is 4.18. The van der Waals surface area contributed by atoms with E-state index < -0.39 is 0 Å². The summed E-state index contributed by atoms with van der Waals surface area (Å²) in [6, 6.07) is 12.8. The quantitative estimate of drug-likeness (QED) is 0.571. The molecule has 3 aromatic rings. The number of ether oxygens (including phenoxy) is 2. The minimum Gasteiger partial charge on any atom is -0.491 e. The van der Waals surface area contributed by atoms with Gasteiger partial charge >= 0.3 is 0 Å². The molecule has 0 fully saturated rings. The first-order valence-electron chi connectivity index (χ1n) is 9.17. The van der Waals surface area contributed by atoms with E-state index in [-0.39, 0.29) is 16.6 Å². The largest absolute Gasteiger partial charge is 0.491 e. The lowest BCUT2D eigenvalue weighted by Crippen LogP contribution is -2.24. The zero-order valence-corrected chi connectivity index (χ0v) is 17.4. The molecule has 0 aliphatic carbocycles. The van der Waals surface area contributed by atoms with Crippen molar-refractivity contribution >= 4 is 17.5 Å². The van der Waals surface area contributed by atoms with Crippen LogP contribution in [-0.4, -0.2) is 41.0 Å². The minimum atomic E-state index is -0.357. The highest BCUT2D eigenvalue weighted by Gasteiger charge is 2.15. The molecule has 1 N–H and O–H groups in total. The van der Waals surface area contributed by atoms with Gasteiger partial charge in [-0.05, 0) is 49.7 Å². The molecule has 0 radical (unpaired) electrons. The van der Waals surface area contributed by atoms with Crippen LogP contribution in [0.15, 0.2) is 42.5 Å². The number of rotatable bonds is 8. The highest BCUT2D eigenvalue weighted by atomic mass is 35.5. The lowest BCUT2D eigenvalue weighted by atomic mass is 10.2. The summed E-state index contributed by atoms with van der Waals surface area (Å²) in [7, 11) is 1.62. The van der Waals surface area contributed by atoms with Crippen LogP contribution >= 0.6 is 11.6 Å². The van der Waals surface area contributed by atoms with Gasteiger partial charge in [0.15, 0.2) is 5.82 Å². The van der Waals surface area contributed by atoms with Crippen LogP contribution in [0.1, 0.15) is 27.4 Å². The van der Waals surface area contributed by atoms with Crippen LogP contribution in [0.2, 0.25) is 5.02 Å². The number of carbonyl (C=O) groups is 1. The molecule has 2 aromatic heterocycles. The first-order chi connectivity index (χ1) is 14.0. The molecule has 2 heterocycles. The number of methoxy groups -OCH3 is 1. The Morgan fingerprint density at radius 3 is 2.72 bits per heavy atom. The van der Waals surface area contributed by atoms with Crippen LogP contribution in [0.3, 0.4) is 0 Å². The topological polar surface area (TPSA) is 78.3 Å². The summed E-state index contributed by atoms with van der Waals surface area (Å²) in [5.41, 5.74) is 2.86. The van der Waals surface area contributed by atoms with E-state index in [2.05, 4.69) is 15.4 Å². The lowest BCUT2D eigenvalue weighted by Gasteiger charge is -2.10. The van der Waals surface area contributed by atoms with Gasteiger partial charge < -0.3 is 14.8 Å². The first kappa shape index (κ1) is 20.8. The van der Waals surface area contributed by atoms with Crippen molar-refractivity contribution in [2.24, 2.45) is 0 Å². The van der Waals surface area contributed by atoms with E-state index in [1.807, 2.05) is 44.2 Å². The Balaban J connectivity index is 1.70. The Kier molecular flexibility index (Phi) is 6.85. The maximum Gasteiger partial charge on any atom is 0.271 e. The van der Waals surface area contributed by atoms with Gasteiger partial charge in [0.25, 0.3) is 5.91 Å². The molecule has 0 unspecified atom stereocenters. The van der Waals surface area contributed by atoms with Crippen molar-refractivity contribution in [3.8, 4) is 11.6 Å². The molecule has 1 aromatic carbocycles. The molecule has 8 heteroatoms. The zero-order valence-electron chi connectivity index (χ0n) is 16.6. The summed E-state index contributed by atoms with van der Waals surface area (Å²) in [4.78, 5) is 17.1. The molecule has 0 saturated carbocycles. The van der Waals surface area contributed by atoms with Gasteiger partial charge in [0.1, 0.15) is 18.1 Å². The Labute approximate surface area is 174 Å². The maximum atomic E-state index is 12.7. The van der Waals surface area contributed by atoms with Gasteiger partial charge in [-0.3, -0.25) is 4.79 Å². The standard InChI is InChI=1S/C21H23ClN4O3/c1-14-11-15(2)26(25-14)19-8-7-18(22)20(24-19)21(27)23-13-16-5-4-6-17(12-16)29-10-9-28-3/h4-8,11-12H,9-10,13H2,1-3H3,(H,23,27). The first-order valence-corrected chi connectivity index (χ1v) is 9.55. The Hall–Kier alpha value is -2.90. The van der Waals surface area contributed by atoms with E-state index in [0.717, 1.165) is 22.7 Å². The van der Waals surface area contributed by atoms with Crippen LogP contribution in [0.4, 0.5) is 0 Å². The predicted molar refractivity (Wildman–Crippen MR) is 111 cm³/mol. The Morgan fingerprint density at radius 1 is 1.17 bits per heavy atom. The van der Waals surface area contributed by atoms with Gasteiger partial charge in [-0.15, -0.1) is 0 Å². The van der Waals surface area contributed by atoms with Gasteiger partial charge in [-0.25, -0.2) is 9.67 Å². The van der Waals surface area contributed by atoms with Crippen molar-refractivity contribution in [2.75, 3.05) is 20.3 Å². The molecular formula is C21H23ClN4O3. The monoisotopic (exact) mass is 414 g/mol. The molecule has 1 amide bonds. The Bertz CT molecular complexity index is 1000. The molecule has 0 atom stereocenters. The fraction of sp³-hybridized carbons (Fsp3) is 0.286. The number of hydrogen-bond donors (Lipinski definition) is 1. The minimum absolute atomic E-state index is 0.157. The van der Waals surface area contributed by atoms with Crippen LogP contribution in [0.5, 0.6) is 5.75 Å². The molecule has 3 rings (SSSR count). The van der Waals surface area contributed by atoms with E-state index in [9.17, 15) is 4.79 Å². The van der Waals surface area contributed by atoms with Crippen LogP contribution in [0.25, 0.3) is 5.82 Å². The Morgan fingerprint density at radius 2 is 2.00 bits per heavy atom. The maximum absolute atomic E-state index is 12.7. The number of hydrogen-bond acceptors (Lipinski definition) is 5. The third kappa shape index (κ3) is 5.34. The van der Waals surface area contributed by atoms with Crippen molar-refractivity contribution in [1.29, 1.82) is 0 Å². The number of nitrogens with zero attached hydrogens (tertiary/aromatic N) is 3. The summed E-state index contributed by atoms with van der Waals surface area (Å²) in [6.45, 7) is 5.13. The summed E-state index contributed by atoms with van der Waals surface area (Å²) in [6.07, 6.45) is 0. The molecular weight excluding hydrogens is 392 g/mol. The average molecular weight is 415 g/mol. The van der Waals surface area contributed by atoms with Crippen LogP contribution < -0.4 is 10.1 Å². The van der Waals surface area contributed by atoms with Crippen LogP contribution in [0, 0.1) is 13.8 Å². The fourth-order valence-corrected chi connectivity index (χ4v) is 3.02. The van der Waals surface area contributed by atoms with Crippen molar-refractivity contribution in [3.63, 3.8) is 0 Å². The smallest absolute Gasteiger partial charge is 0.271 e. The molecule has 0 aliphatic heterocycles. The van der Waals surface area contributed by atoms with E-state index in [0.29, 0.717) is 25.6 Å². The van der Waals surface area contributed by atoms with Gasteiger partial charge in [-0.1, -0.05) is 23.7 Å². The highest BCUT2D eigenvalue weighted by molar-refractivity contribution is 6.33. The summed E-state index contributed by atoms with van der Waals surface area (Å²) < 4.78 is 12.3. The second kappa shape index (κ2) is 9.54. The lowest BCUT2D eigenvalue weighted by molar-refractivity contribution is 0.0946. The van der Waals surface area contributed by atoms with E-state index in [4.69, 9.17) is 21.1 Å². The molecule has 0 spiro atoms. The number of amides is 1. The molecule has 0 aliphatic rings. The number of nitrogens with one attached hydrogen (secondary N) is 1. The molecule has 0 saturated heterocycles. The summed E-state index contributed by atoms with van der Waals surface area (Å²) in [5, 5.41) is 7.54. The third-order valence-corrected chi connectivity index (χ3v) is 4.49. The molecule has 152 valence electrons. The van der Waals surface area contributed by atoms with E-state index >= 15 is 0 Å². The summed E-state index contributed by atoms with van der Waals surface area (Å²) in [5.74, 6) is 0.902. The predicted octanol–water partition coefficient (Wildman–Crippen LogP) is 3.49. The number of halogens is 1. The number of pyridine rings is 1. The average Bonchev–Trinajstić information content (AvgIpc) is 3.05. The van der Waals surface area contributed by atoms with Crippen LogP contribution in [-0.2, 0) is 11.3 Å². The van der Waals surface area contributed by atoms with Crippen molar-refractivity contribution in [3.05, 3.63) is 70.1 Å². The highest BCUT2D eigenvalue weighted by Crippen LogP contribution is 2.18. The number of aryl methyl sites for hydroxylation is 2. The second-order valence-corrected chi connectivity index (χ2v) is 6.92. The van der Waals surface area contributed by atoms with Crippen molar-refractivity contribution in [2.45, 2.75) is 20.4 Å². The molecule has 7 nitrogen and oxygen atoms in total. The van der Waals surface area contributed by atoms with E-state index in [1.54, 1.807) is 23.9 Å². The zero-order chi connectivity index (χ0) is 20.8. The fourth-order valence-electron chi connectivity index (χ4n) is 2.82. The van der Waals surface area contributed by atoms with Gasteiger partial charge in [0.05, 0.1) is 17.3 Å². The number of benzene rings is 1. The summed E-state index contributed by atoms with van der Waals surface area (Å²) >= 11 is 6.22. The van der Waals surface area contributed by atoms with E-state index in [1.165, 1.54) is 0 Å². The van der Waals surface area contributed by atoms with Crippen molar-refractivity contribution in [1.82, 2.24) is 20.1 Å². The second-order valence-electron chi connectivity index (χ2n) is 6.51. The number of carbonyl (C=O) groups excluding carboxylic acids is 1. The van der Waals surface area contributed by atoms with Gasteiger partial charge in [-0.2, -0.15) is 5.10 Å².